The number of rotatable bonds is 5. The van der Waals surface area contributed by atoms with Crippen LogP contribution in [0.3, 0.4) is 0 Å². The summed E-state index contributed by atoms with van der Waals surface area (Å²) in [6, 6.07) is 7.35. The highest BCUT2D eigenvalue weighted by Crippen LogP contribution is 2.30. The first kappa shape index (κ1) is 23.0. The fourth-order valence-electron chi connectivity index (χ4n) is 2.04. The Hall–Kier alpha value is -1.07. The van der Waals surface area contributed by atoms with E-state index in [1.165, 1.54) is 0 Å². The van der Waals surface area contributed by atoms with Gasteiger partial charge in [-0.1, -0.05) is 23.7 Å². The number of aliphatic imine (C=N–C) groups is 1. The molecule has 26 heavy (non-hydrogen) atoms. The Balaban J connectivity index is 0.00000338. The van der Waals surface area contributed by atoms with Crippen LogP contribution in [0.15, 0.2) is 34.6 Å². The Morgan fingerprint density at radius 3 is 2.69 bits per heavy atom. The van der Waals surface area contributed by atoms with Gasteiger partial charge in [0, 0.05) is 16.9 Å². The minimum Gasteiger partial charge on any atom is -0.357 e. The number of aromatic nitrogens is 1. The second-order valence-corrected chi connectivity index (χ2v) is 6.62. The summed E-state index contributed by atoms with van der Waals surface area (Å²) in [7, 11) is 0. The van der Waals surface area contributed by atoms with Crippen molar-refractivity contribution < 1.29 is 13.2 Å². The fraction of sp³-hybridized carbons (Fsp3) is 0.375. The zero-order valence-corrected chi connectivity index (χ0v) is 18.0. The summed E-state index contributed by atoms with van der Waals surface area (Å²) in [5, 5.41) is 8.21. The second kappa shape index (κ2) is 10.3. The molecule has 0 radical (unpaired) electrons. The van der Waals surface area contributed by atoms with E-state index in [1.807, 2.05) is 32.0 Å². The van der Waals surface area contributed by atoms with E-state index in [1.54, 1.807) is 6.07 Å². The Morgan fingerprint density at radius 2 is 2.12 bits per heavy atom. The van der Waals surface area contributed by atoms with Crippen LogP contribution in [0.2, 0.25) is 5.02 Å². The minimum absolute atomic E-state index is 0. The molecule has 0 aliphatic rings. The average Bonchev–Trinajstić information content (AvgIpc) is 3.02. The van der Waals surface area contributed by atoms with E-state index in [4.69, 9.17) is 11.6 Å². The highest BCUT2D eigenvalue weighted by Gasteiger charge is 2.33. The van der Waals surface area contributed by atoms with Gasteiger partial charge in [0.2, 0.25) is 0 Å². The molecule has 0 spiro atoms. The first-order valence-corrected chi connectivity index (χ1v) is 8.87. The van der Waals surface area contributed by atoms with E-state index in [0.29, 0.717) is 22.5 Å². The molecule has 4 nitrogen and oxygen atoms in total. The van der Waals surface area contributed by atoms with Gasteiger partial charge in [-0.3, -0.25) is 0 Å². The zero-order valence-electron chi connectivity index (χ0n) is 14.1. The Kier molecular flexibility index (Phi) is 9.11. The SMILES string of the molecule is CCNC(=NCc1nc(C(F)(F)F)cs1)NC(C)c1cccc(Cl)c1.I. The van der Waals surface area contributed by atoms with Gasteiger partial charge < -0.3 is 10.6 Å². The fourth-order valence-corrected chi connectivity index (χ4v) is 2.97. The zero-order chi connectivity index (χ0) is 18.4. The van der Waals surface area contributed by atoms with Crippen LogP contribution in [0.25, 0.3) is 0 Å². The molecule has 0 fully saturated rings. The molecule has 0 aliphatic carbocycles. The standard InChI is InChI=1S/C16H18ClF3N4S.HI/c1-3-21-15(23-10(2)11-5-4-6-12(17)7-11)22-8-14-24-13(9-25-14)16(18,19)20;/h4-7,9-10H,3,8H2,1-2H3,(H2,21,22,23);1H. The lowest BCUT2D eigenvalue weighted by atomic mass is 10.1. The van der Waals surface area contributed by atoms with Gasteiger partial charge in [-0.2, -0.15) is 13.2 Å². The summed E-state index contributed by atoms with van der Waals surface area (Å²) in [5.74, 6) is 0.499. The largest absolute Gasteiger partial charge is 0.434 e. The molecule has 1 aromatic heterocycles. The van der Waals surface area contributed by atoms with Gasteiger partial charge in [-0.15, -0.1) is 35.3 Å². The van der Waals surface area contributed by atoms with Crippen LogP contribution < -0.4 is 10.6 Å². The van der Waals surface area contributed by atoms with Crippen molar-refractivity contribution in [2.45, 2.75) is 32.6 Å². The summed E-state index contributed by atoms with van der Waals surface area (Å²) in [6.07, 6.45) is -4.43. The van der Waals surface area contributed by atoms with E-state index in [-0.39, 0.29) is 36.6 Å². The molecule has 2 aromatic rings. The molecule has 0 saturated heterocycles. The van der Waals surface area contributed by atoms with Crippen molar-refractivity contribution >= 4 is 52.9 Å². The lowest BCUT2D eigenvalue weighted by molar-refractivity contribution is -0.140. The quantitative estimate of drug-likeness (QED) is 0.323. The van der Waals surface area contributed by atoms with E-state index in [9.17, 15) is 13.2 Å². The third-order valence-corrected chi connectivity index (χ3v) is 4.33. The van der Waals surface area contributed by atoms with Crippen molar-refractivity contribution in [3.63, 3.8) is 0 Å². The van der Waals surface area contributed by atoms with Crippen molar-refractivity contribution in [3.05, 3.63) is 50.9 Å². The number of hydrogen-bond acceptors (Lipinski definition) is 3. The number of nitrogens with zero attached hydrogens (tertiary/aromatic N) is 2. The number of alkyl halides is 3. The second-order valence-electron chi connectivity index (χ2n) is 5.24. The number of benzene rings is 1. The highest BCUT2D eigenvalue weighted by atomic mass is 127. The molecule has 1 aromatic carbocycles. The predicted octanol–water partition coefficient (Wildman–Crippen LogP) is 5.25. The predicted molar refractivity (Wildman–Crippen MR) is 110 cm³/mol. The van der Waals surface area contributed by atoms with Gasteiger partial charge in [-0.05, 0) is 31.5 Å². The monoisotopic (exact) mass is 518 g/mol. The van der Waals surface area contributed by atoms with E-state index < -0.39 is 11.9 Å². The maximum absolute atomic E-state index is 12.6. The van der Waals surface area contributed by atoms with Crippen molar-refractivity contribution in [1.29, 1.82) is 0 Å². The van der Waals surface area contributed by atoms with Crippen LogP contribution in [0.1, 0.15) is 36.2 Å². The lowest BCUT2D eigenvalue weighted by Crippen LogP contribution is -2.38. The summed E-state index contributed by atoms with van der Waals surface area (Å²) in [4.78, 5) is 7.88. The topological polar surface area (TPSA) is 49.3 Å². The van der Waals surface area contributed by atoms with Crippen LogP contribution >= 0.6 is 46.9 Å². The molecule has 0 amide bonds. The van der Waals surface area contributed by atoms with Crippen molar-refractivity contribution in [2.24, 2.45) is 4.99 Å². The van der Waals surface area contributed by atoms with Crippen LogP contribution in [0, 0.1) is 0 Å². The molecule has 1 unspecified atom stereocenters. The summed E-state index contributed by atoms with van der Waals surface area (Å²) in [5.41, 5.74) is 0.0969. The lowest BCUT2D eigenvalue weighted by Gasteiger charge is -2.18. The van der Waals surface area contributed by atoms with Gasteiger partial charge in [-0.25, -0.2) is 9.98 Å². The summed E-state index contributed by atoms with van der Waals surface area (Å²) < 4.78 is 37.8. The van der Waals surface area contributed by atoms with Gasteiger partial charge in [0.05, 0.1) is 12.6 Å². The van der Waals surface area contributed by atoms with Gasteiger partial charge in [0.1, 0.15) is 5.01 Å². The molecule has 10 heteroatoms. The van der Waals surface area contributed by atoms with Gasteiger partial charge in [0.25, 0.3) is 0 Å². The van der Waals surface area contributed by atoms with Crippen molar-refractivity contribution in [3.8, 4) is 0 Å². The number of guanidine groups is 1. The molecule has 0 bridgehead atoms. The van der Waals surface area contributed by atoms with Gasteiger partial charge in [0.15, 0.2) is 11.7 Å². The smallest absolute Gasteiger partial charge is 0.357 e. The van der Waals surface area contributed by atoms with Gasteiger partial charge >= 0.3 is 6.18 Å². The molecule has 1 atom stereocenters. The van der Waals surface area contributed by atoms with Crippen molar-refractivity contribution in [1.82, 2.24) is 15.6 Å². The third kappa shape index (κ3) is 6.92. The maximum atomic E-state index is 12.6. The third-order valence-electron chi connectivity index (χ3n) is 3.26. The number of hydrogen-bond donors (Lipinski definition) is 2. The van der Waals surface area contributed by atoms with E-state index in [0.717, 1.165) is 22.3 Å². The van der Waals surface area contributed by atoms with Crippen molar-refractivity contribution in [2.75, 3.05) is 6.54 Å². The molecular weight excluding hydrogens is 500 g/mol. The number of nitrogens with one attached hydrogen (secondary N) is 2. The maximum Gasteiger partial charge on any atom is 0.434 e. The normalized spacial score (nSPS) is 13.1. The van der Waals surface area contributed by atoms with E-state index in [2.05, 4.69) is 20.6 Å². The highest BCUT2D eigenvalue weighted by molar-refractivity contribution is 14.0. The molecule has 2 N–H and O–H groups in total. The summed E-state index contributed by atoms with van der Waals surface area (Å²) in [6.45, 7) is 4.55. The van der Waals surface area contributed by atoms with Crippen LogP contribution in [0.5, 0.6) is 0 Å². The van der Waals surface area contributed by atoms with E-state index >= 15 is 0 Å². The molecule has 0 saturated carbocycles. The number of thiazole rings is 1. The average molecular weight is 519 g/mol. The molecule has 0 aliphatic heterocycles. The van der Waals surface area contributed by atoms with Crippen LogP contribution in [-0.2, 0) is 12.7 Å². The first-order chi connectivity index (χ1) is 11.8. The van der Waals surface area contributed by atoms with Crippen LogP contribution in [-0.4, -0.2) is 17.5 Å². The Morgan fingerprint density at radius 1 is 1.38 bits per heavy atom. The summed E-state index contributed by atoms with van der Waals surface area (Å²) >= 11 is 6.94. The molecular formula is C16H19ClF3IN4S. The molecule has 1 heterocycles. The Labute approximate surface area is 176 Å². The molecule has 144 valence electrons. The first-order valence-electron chi connectivity index (χ1n) is 7.61. The Bertz CT molecular complexity index is 736. The molecule has 2 rings (SSSR count). The number of halogens is 5. The minimum atomic E-state index is -4.43. The van der Waals surface area contributed by atoms with Crippen LogP contribution in [0.4, 0.5) is 13.2 Å².